The van der Waals surface area contributed by atoms with E-state index in [0.717, 1.165) is 11.9 Å². The fourth-order valence-corrected chi connectivity index (χ4v) is 1.98. The van der Waals surface area contributed by atoms with E-state index in [1.54, 1.807) is 48.5 Å². The average molecular weight is 272 g/mol. The Morgan fingerprint density at radius 2 is 1.53 bits per heavy atom. The highest BCUT2D eigenvalue weighted by atomic mass is 32.2. The predicted octanol–water partition coefficient (Wildman–Crippen LogP) is 2.49. The summed E-state index contributed by atoms with van der Waals surface area (Å²) in [6.45, 7) is 0. The van der Waals surface area contributed by atoms with Gasteiger partial charge in [0, 0.05) is 28.8 Å². The number of carbonyl (C=O) groups is 2. The summed E-state index contributed by atoms with van der Waals surface area (Å²) < 4.78 is 2.50. The van der Waals surface area contributed by atoms with Gasteiger partial charge in [-0.25, -0.2) is 0 Å². The van der Waals surface area contributed by atoms with Crippen molar-refractivity contribution < 1.29 is 9.59 Å². The zero-order valence-corrected chi connectivity index (χ0v) is 10.8. The summed E-state index contributed by atoms with van der Waals surface area (Å²) in [5.41, 5.74) is 7.13. The molecule has 2 aromatic carbocycles. The SMILES string of the molecule is Nc1ccc(C(=O)NSC(=O)c2ccccc2)cc1. The van der Waals surface area contributed by atoms with Crippen LogP contribution in [0.25, 0.3) is 0 Å². The molecule has 0 aliphatic rings. The third kappa shape index (κ3) is 3.59. The number of nitrogens with one attached hydrogen (secondary N) is 1. The maximum Gasteiger partial charge on any atom is 0.261 e. The summed E-state index contributed by atoms with van der Waals surface area (Å²) in [6, 6.07) is 15.3. The topological polar surface area (TPSA) is 72.2 Å². The molecule has 0 aliphatic carbocycles. The van der Waals surface area contributed by atoms with Crippen LogP contribution in [0.4, 0.5) is 5.69 Å². The fourth-order valence-electron chi connectivity index (χ4n) is 1.42. The normalized spacial score (nSPS) is 9.89. The Morgan fingerprint density at radius 1 is 0.895 bits per heavy atom. The molecule has 0 aliphatic heterocycles. The van der Waals surface area contributed by atoms with Gasteiger partial charge in [-0.1, -0.05) is 30.3 Å². The molecular weight excluding hydrogens is 260 g/mol. The second kappa shape index (κ2) is 6.06. The van der Waals surface area contributed by atoms with Crippen molar-refractivity contribution in [1.29, 1.82) is 0 Å². The van der Waals surface area contributed by atoms with Crippen molar-refractivity contribution in [3.63, 3.8) is 0 Å². The van der Waals surface area contributed by atoms with Crippen LogP contribution < -0.4 is 10.5 Å². The van der Waals surface area contributed by atoms with E-state index in [4.69, 9.17) is 5.73 Å². The minimum Gasteiger partial charge on any atom is -0.399 e. The lowest BCUT2D eigenvalue weighted by Gasteiger charge is -2.03. The monoisotopic (exact) mass is 272 g/mol. The number of hydrogen-bond donors (Lipinski definition) is 2. The zero-order valence-electron chi connectivity index (χ0n) is 10.00. The van der Waals surface area contributed by atoms with Crippen molar-refractivity contribution in [2.45, 2.75) is 0 Å². The molecule has 19 heavy (non-hydrogen) atoms. The molecule has 0 radical (unpaired) electrons. The van der Waals surface area contributed by atoms with E-state index in [9.17, 15) is 9.59 Å². The molecule has 0 saturated heterocycles. The Hall–Kier alpha value is -2.27. The number of carbonyl (C=O) groups excluding carboxylic acids is 2. The third-order valence-electron chi connectivity index (χ3n) is 2.42. The Kier molecular flexibility index (Phi) is 4.20. The Balaban J connectivity index is 1.94. The summed E-state index contributed by atoms with van der Waals surface area (Å²) >= 11 is 0.767. The molecule has 5 heteroatoms. The Labute approximate surface area is 115 Å². The van der Waals surface area contributed by atoms with Gasteiger partial charge in [0.15, 0.2) is 0 Å². The predicted molar refractivity (Wildman–Crippen MR) is 76.7 cm³/mol. The van der Waals surface area contributed by atoms with Crippen LogP contribution in [0.2, 0.25) is 0 Å². The second-order valence-electron chi connectivity index (χ2n) is 3.81. The van der Waals surface area contributed by atoms with Gasteiger partial charge in [-0.15, -0.1) is 0 Å². The van der Waals surface area contributed by atoms with Crippen molar-refractivity contribution in [3.8, 4) is 0 Å². The van der Waals surface area contributed by atoms with E-state index in [0.29, 0.717) is 16.8 Å². The highest BCUT2D eigenvalue weighted by molar-refractivity contribution is 8.12. The first-order valence-corrected chi connectivity index (χ1v) is 6.40. The fraction of sp³-hybridized carbons (Fsp3) is 0. The number of anilines is 1. The smallest absolute Gasteiger partial charge is 0.261 e. The Morgan fingerprint density at radius 3 is 2.16 bits per heavy atom. The van der Waals surface area contributed by atoms with Crippen LogP contribution in [-0.2, 0) is 0 Å². The van der Waals surface area contributed by atoms with Gasteiger partial charge in [0.25, 0.3) is 5.91 Å². The maximum atomic E-state index is 11.8. The molecule has 2 rings (SSSR count). The highest BCUT2D eigenvalue weighted by Gasteiger charge is 2.10. The summed E-state index contributed by atoms with van der Waals surface area (Å²) in [5, 5.41) is -0.204. The largest absolute Gasteiger partial charge is 0.399 e. The second-order valence-corrected chi connectivity index (χ2v) is 4.59. The number of nitrogens with two attached hydrogens (primary N) is 1. The number of nitrogen functional groups attached to an aromatic ring is 1. The molecule has 3 N–H and O–H groups in total. The van der Waals surface area contributed by atoms with Crippen LogP contribution in [0.15, 0.2) is 54.6 Å². The molecule has 0 aromatic heterocycles. The van der Waals surface area contributed by atoms with Crippen LogP contribution in [0.3, 0.4) is 0 Å². The van der Waals surface area contributed by atoms with Crippen LogP contribution in [0.5, 0.6) is 0 Å². The van der Waals surface area contributed by atoms with Crippen molar-refractivity contribution >= 4 is 28.7 Å². The average Bonchev–Trinajstić information content (AvgIpc) is 2.46. The third-order valence-corrected chi connectivity index (χ3v) is 3.13. The van der Waals surface area contributed by atoms with Gasteiger partial charge in [-0.2, -0.15) is 0 Å². The maximum absolute atomic E-state index is 11.8. The summed E-state index contributed by atoms with van der Waals surface area (Å²) in [6.07, 6.45) is 0. The molecular formula is C14H12N2O2S. The Bertz CT molecular complexity index is 582. The molecule has 0 spiro atoms. The minimum atomic E-state index is -0.325. The number of rotatable bonds is 2. The van der Waals surface area contributed by atoms with E-state index < -0.39 is 0 Å². The minimum absolute atomic E-state index is 0.204. The molecule has 0 unspecified atom stereocenters. The highest BCUT2D eigenvalue weighted by Crippen LogP contribution is 2.11. The molecule has 0 fully saturated rings. The van der Waals surface area contributed by atoms with Crippen LogP contribution in [0, 0.1) is 0 Å². The van der Waals surface area contributed by atoms with Crippen LogP contribution >= 0.6 is 11.9 Å². The first-order valence-electron chi connectivity index (χ1n) is 5.59. The van der Waals surface area contributed by atoms with Gasteiger partial charge in [0.05, 0.1) is 0 Å². The summed E-state index contributed by atoms with van der Waals surface area (Å²) in [4.78, 5) is 23.5. The molecule has 2 aromatic rings. The lowest BCUT2D eigenvalue weighted by Crippen LogP contribution is -2.18. The molecule has 0 atom stereocenters. The number of benzene rings is 2. The first-order chi connectivity index (χ1) is 9.16. The van der Waals surface area contributed by atoms with Gasteiger partial charge in [0.2, 0.25) is 5.12 Å². The summed E-state index contributed by atoms with van der Waals surface area (Å²) in [7, 11) is 0. The first kappa shape index (κ1) is 13.2. The van der Waals surface area contributed by atoms with Gasteiger partial charge < -0.3 is 5.73 Å². The molecule has 0 bridgehead atoms. The van der Waals surface area contributed by atoms with Crippen molar-refractivity contribution in [2.24, 2.45) is 0 Å². The van der Waals surface area contributed by atoms with Crippen LogP contribution in [-0.4, -0.2) is 11.0 Å². The number of hydrogen-bond acceptors (Lipinski definition) is 4. The lowest BCUT2D eigenvalue weighted by atomic mass is 10.2. The molecule has 0 heterocycles. The van der Waals surface area contributed by atoms with Crippen molar-refractivity contribution in [1.82, 2.24) is 4.72 Å². The number of amides is 1. The van der Waals surface area contributed by atoms with Gasteiger partial charge in [-0.3, -0.25) is 14.3 Å². The molecule has 1 amide bonds. The molecule has 0 saturated carbocycles. The van der Waals surface area contributed by atoms with Gasteiger partial charge in [0.1, 0.15) is 0 Å². The van der Waals surface area contributed by atoms with Gasteiger partial charge >= 0.3 is 0 Å². The van der Waals surface area contributed by atoms with E-state index >= 15 is 0 Å². The van der Waals surface area contributed by atoms with E-state index in [2.05, 4.69) is 4.72 Å². The standard InChI is InChI=1S/C14H12N2O2S/c15-12-8-6-10(7-9-12)13(17)16-19-14(18)11-4-2-1-3-5-11/h1-9H,15H2,(H,16,17). The van der Waals surface area contributed by atoms with E-state index in [1.165, 1.54) is 0 Å². The quantitative estimate of drug-likeness (QED) is 0.650. The van der Waals surface area contributed by atoms with Crippen molar-refractivity contribution in [3.05, 3.63) is 65.7 Å². The van der Waals surface area contributed by atoms with Crippen molar-refractivity contribution in [2.75, 3.05) is 5.73 Å². The van der Waals surface area contributed by atoms with Crippen LogP contribution in [0.1, 0.15) is 20.7 Å². The zero-order chi connectivity index (χ0) is 13.7. The van der Waals surface area contributed by atoms with E-state index in [-0.39, 0.29) is 11.0 Å². The van der Waals surface area contributed by atoms with Gasteiger partial charge in [-0.05, 0) is 24.3 Å². The summed E-state index contributed by atoms with van der Waals surface area (Å²) in [5.74, 6) is -0.325. The lowest BCUT2D eigenvalue weighted by molar-refractivity contribution is 0.0978. The molecule has 96 valence electrons. The molecule has 4 nitrogen and oxygen atoms in total. The van der Waals surface area contributed by atoms with E-state index in [1.807, 2.05) is 6.07 Å².